The highest BCUT2D eigenvalue weighted by Gasteiger charge is 2.58. The van der Waals surface area contributed by atoms with E-state index >= 15 is 0 Å². The Hall–Kier alpha value is -0.610. The van der Waals surface area contributed by atoms with Crippen molar-refractivity contribution in [3.63, 3.8) is 0 Å². The van der Waals surface area contributed by atoms with Gasteiger partial charge in [0.25, 0.3) is 0 Å². The first kappa shape index (κ1) is 16.8. The van der Waals surface area contributed by atoms with E-state index in [1.807, 2.05) is 0 Å². The minimum atomic E-state index is 0.354. The molecular weight excluding hydrogens is 298 g/mol. The Morgan fingerprint density at radius 2 is 1.96 bits per heavy atom. The second kappa shape index (κ2) is 6.95. The molecular formula is C20H35N3O. The fraction of sp³-hybridized carbons (Fsp3) is 0.950. The summed E-state index contributed by atoms with van der Waals surface area (Å²) in [6.07, 6.45) is 10.2. The Bertz CT molecular complexity index is 460. The first-order valence-corrected chi connectivity index (χ1v) is 10.4. The van der Waals surface area contributed by atoms with Gasteiger partial charge in [-0.2, -0.15) is 0 Å². The number of rotatable bonds is 3. The lowest BCUT2D eigenvalue weighted by molar-refractivity contribution is -0.135. The third kappa shape index (κ3) is 3.37. The molecule has 0 aromatic carbocycles. The van der Waals surface area contributed by atoms with Gasteiger partial charge in [-0.15, -0.1) is 0 Å². The van der Waals surface area contributed by atoms with Crippen LogP contribution in [-0.4, -0.2) is 61.0 Å². The maximum atomic E-state index is 13.0. The van der Waals surface area contributed by atoms with Crippen molar-refractivity contribution in [2.24, 2.45) is 17.3 Å². The lowest BCUT2D eigenvalue weighted by Crippen LogP contribution is -2.47. The summed E-state index contributed by atoms with van der Waals surface area (Å²) in [6, 6.07) is 0.742. The highest BCUT2D eigenvalue weighted by Crippen LogP contribution is 2.59. The second-order valence-corrected chi connectivity index (χ2v) is 9.00. The van der Waals surface area contributed by atoms with Crippen LogP contribution in [0.15, 0.2) is 0 Å². The standard InChI is InChI=1S/C20H35N3O/c1-16-5-2-3-11-22(16)14-17-6-4-12-23(15-17)19(24)18-13-20(18)7-9-21-10-8-20/h16-18,21H,2-15H2,1H3. The number of hydrogen-bond donors (Lipinski definition) is 1. The van der Waals surface area contributed by atoms with Crippen LogP contribution in [0.5, 0.6) is 0 Å². The molecule has 4 heteroatoms. The van der Waals surface area contributed by atoms with Crippen LogP contribution in [0.1, 0.15) is 58.3 Å². The van der Waals surface area contributed by atoms with Crippen LogP contribution in [-0.2, 0) is 4.79 Å². The lowest BCUT2D eigenvalue weighted by Gasteiger charge is -2.40. The molecule has 1 N–H and O–H groups in total. The summed E-state index contributed by atoms with van der Waals surface area (Å²) in [6.45, 7) is 9.12. The van der Waals surface area contributed by atoms with E-state index in [9.17, 15) is 4.79 Å². The predicted octanol–water partition coefficient (Wildman–Crippen LogP) is 2.49. The van der Waals surface area contributed by atoms with Crippen molar-refractivity contribution in [3.05, 3.63) is 0 Å². The summed E-state index contributed by atoms with van der Waals surface area (Å²) in [5, 5.41) is 3.45. The monoisotopic (exact) mass is 333 g/mol. The van der Waals surface area contributed by atoms with Gasteiger partial charge in [-0.05, 0) is 82.8 Å². The molecule has 4 rings (SSSR count). The zero-order valence-electron chi connectivity index (χ0n) is 15.4. The van der Waals surface area contributed by atoms with Gasteiger partial charge in [0, 0.05) is 31.6 Å². The topological polar surface area (TPSA) is 35.6 Å². The van der Waals surface area contributed by atoms with Gasteiger partial charge in [0.1, 0.15) is 0 Å². The van der Waals surface area contributed by atoms with Crippen LogP contribution in [0.4, 0.5) is 0 Å². The van der Waals surface area contributed by atoms with Crippen molar-refractivity contribution < 1.29 is 4.79 Å². The van der Waals surface area contributed by atoms with Crippen LogP contribution in [0.2, 0.25) is 0 Å². The maximum Gasteiger partial charge on any atom is 0.226 e. The third-order valence-electron chi connectivity index (χ3n) is 7.35. The van der Waals surface area contributed by atoms with Crippen LogP contribution >= 0.6 is 0 Å². The molecule has 4 nitrogen and oxygen atoms in total. The van der Waals surface area contributed by atoms with E-state index in [0.29, 0.717) is 23.2 Å². The van der Waals surface area contributed by atoms with E-state index in [2.05, 4.69) is 22.0 Å². The Kier molecular flexibility index (Phi) is 4.88. The minimum absolute atomic E-state index is 0.354. The molecule has 136 valence electrons. The van der Waals surface area contributed by atoms with Gasteiger partial charge in [0.2, 0.25) is 5.91 Å². The Balaban J connectivity index is 1.31. The van der Waals surface area contributed by atoms with Gasteiger partial charge in [0.05, 0.1) is 0 Å². The number of piperidine rings is 3. The van der Waals surface area contributed by atoms with Crippen LogP contribution in [0, 0.1) is 17.3 Å². The van der Waals surface area contributed by atoms with Gasteiger partial charge in [-0.25, -0.2) is 0 Å². The van der Waals surface area contributed by atoms with Gasteiger partial charge >= 0.3 is 0 Å². The fourth-order valence-electron chi connectivity index (χ4n) is 5.57. The molecule has 1 aliphatic carbocycles. The normalized spacial score (nSPS) is 36.7. The summed E-state index contributed by atoms with van der Waals surface area (Å²) in [5.74, 6) is 1.55. The quantitative estimate of drug-likeness (QED) is 0.862. The van der Waals surface area contributed by atoms with Crippen LogP contribution < -0.4 is 5.32 Å². The summed E-state index contributed by atoms with van der Waals surface area (Å²) in [4.78, 5) is 18.0. The molecule has 4 fully saturated rings. The summed E-state index contributed by atoms with van der Waals surface area (Å²) in [5.41, 5.74) is 0.386. The Morgan fingerprint density at radius 1 is 1.12 bits per heavy atom. The number of nitrogens with one attached hydrogen (secondary N) is 1. The molecule has 3 unspecified atom stereocenters. The molecule has 3 aliphatic heterocycles. The number of hydrogen-bond acceptors (Lipinski definition) is 3. The molecule has 0 radical (unpaired) electrons. The number of nitrogens with zero attached hydrogens (tertiary/aromatic N) is 2. The summed E-state index contributed by atoms with van der Waals surface area (Å²) < 4.78 is 0. The van der Waals surface area contributed by atoms with E-state index in [4.69, 9.17) is 0 Å². The molecule has 0 bridgehead atoms. The Morgan fingerprint density at radius 3 is 2.75 bits per heavy atom. The fourth-order valence-corrected chi connectivity index (χ4v) is 5.57. The van der Waals surface area contributed by atoms with Crippen molar-refractivity contribution in [1.29, 1.82) is 0 Å². The van der Waals surface area contributed by atoms with Gasteiger partial charge in [0.15, 0.2) is 0 Å². The molecule has 3 atom stereocenters. The van der Waals surface area contributed by atoms with E-state index in [-0.39, 0.29) is 0 Å². The minimum Gasteiger partial charge on any atom is -0.342 e. The molecule has 1 spiro atoms. The molecule has 4 aliphatic rings. The predicted molar refractivity (Wildman–Crippen MR) is 96.8 cm³/mol. The van der Waals surface area contributed by atoms with Crippen molar-refractivity contribution in [2.45, 2.75) is 64.3 Å². The van der Waals surface area contributed by atoms with Gasteiger partial charge in [-0.1, -0.05) is 6.42 Å². The van der Waals surface area contributed by atoms with Crippen molar-refractivity contribution in [3.8, 4) is 0 Å². The lowest BCUT2D eigenvalue weighted by atomic mass is 9.90. The number of amides is 1. The van der Waals surface area contributed by atoms with Gasteiger partial charge < -0.3 is 15.1 Å². The SMILES string of the molecule is CC1CCCCN1CC1CCCN(C(=O)C2CC23CCNCC3)C1. The van der Waals surface area contributed by atoms with Crippen LogP contribution in [0.3, 0.4) is 0 Å². The van der Waals surface area contributed by atoms with Gasteiger partial charge in [-0.3, -0.25) is 4.79 Å². The average Bonchev–Trinajstić information content (AvgIpc) is 3.30. The van der Waals surface area contributed by atoms with Crippen molar-refractivity contribution in [2.75, 3.05) is 39.3 Å². The first-order valence-electron chi connectivity index (χ1n) is 10.4. The number of carbonyl (C=O) groups is 1. The number of likely N-dealkylation sites (tertiary alicyclic amines) is 2. The van der Waals surface area contributed by atoms with Crippen molar-refractivity contribution >= 4 is 5.91 Å². The van der Waals surface area contributed by atoms with E-state index in [0.717, 1.165) is 38.6 Å². The third-order valence-corrected chi connectivity index (χ3v) is 7.35. The Labute approximate surface area is 147 Å². The van der Waals surface area contributed by atoms with E-state index < -0.39 is 0 Å². The molecule has 0 aromatic rings. The maximum absolute atomic E-state index is 13.0. The first-order chi connectivity index (χ1) is 11.7. The van der Waals surface area contributed by atoms with Crippen molar-refractivity contribution in [1.82, 2.24) is 15.1 Å². The molecule has 0 aromatic heterocycles. The zero-order valence-corrected chi connectivity index (χ0v) is 15.4. The molecule has 1 amide bonds. The smallest absolute Gasteiger partial charge is 0.226 e. The average molecular weight is 334 g/mol. The molecule has 3 heterocycles. The number of carbonyl (C=O) groups excluding carboxylic acids is 1. The molecule has 3 saturated heterocycles. The summed E-state index contributed by atoms with van der Waals surface area (Å²) >= 11 is 0. The highest BCUT2D eigenvalue weighted by atomic mass is 16.2. The zero-order chi connectivity index (χ0) is 16.6. The largest absolute Gasteiger partial charge is 0.342 e. The highest BCUT2D eigenvalue weighted by molar-refractivity contribution is 5.82. The molecule has 1 saturated carbocycles. The van der Waals surface area contributed by atoms with E-state index in [1.54, 1.807) is 0 Å². The van der Waals surface area contributed by atoms with Crippen LogP contribution in [0.25, 0.3) is 0 Å². The van der Waals surface area contributed by atoms with E-state index in [1.165, 1.54) is 58.0 Å². The molecule has 24 heavy (non-hydrogen) atoms. The second-order valence-electron chi connectivity index (χ2n) is 9.00. The summed E-state index contributed by atoms with van der Waals surface area (Å²) in [7, 11) is 0.